The average Bonchev–Trinajstić information content (AvgIpc) is 3.95. The molecule has 1 aliphatic heterocycles. The molecule has 1 aliphatic rings. The van der Waals surface area contributed by atoms with Crippen LogP contribution in [0.15, 0.2) is 77.8 Å². The molecule has 50 heavy (non-hydrogen) atoms. The molecule has 250 valence electrons. The number of para-hydroxylation sites is 1. The number of aromatic nitrogens is 3. The van der Waals surface area contributed by atoms with Crippen molar-refractivity contribution in [3.05, 3.63) is 99.5 Å². The van der Waals surface area contributed by atoms with Crippen LogP contribution in [0.2, 0.25) is 0 Å². The summed E-state index contributed by atoms with van der Waals surface area (Å²) in [6, 6.07) is 26.2. The van der Waals surface area contributed by atoms with Crippen LogP contribution in [-0.2, 0) is 24.3 Å². The first-order valence-electron chi connectivity index (χ1n) is 15.6. The number of thiazole rings is 1. The van der Waals surface area contributed by atoms with Gasteiger partial charge in [0.25, 0.3) is 0 Å². The lowest BCUT2D eigenvalue weighted by molar-refractivity contribution is 0.148. The van der Waals surface area contributed by atoms with E-state index in [1.807, 2.05) is 67.7 Å². The van der Waals surface area contributed by atoms with Crippen molar-refractivity contribution >= 4 is 84.8 Å². The van der Waals surface area contributed by atoms with E-state index in [-0.39, 0.29) is 12.6 Å². The van der Waals surface area contributed by atoms with Crippen molar-refractivity contribution < 1.29 is 14.3 Å². The minimum absolute atomic E-state index is 0.163. The summed E-state index contributed by atoms with van der Waals surface area (Å²) in [6.07, 6.45) is 3.80. The third-order valence-electron chi connectivity index (χ3n) is 7.71. The summed E-state index contributed by atoms with van der Waals surface area (Å²) >= 11 is 4.82. The van der Waals surface area contributed by atoms with E-state index in [1.165, 1.54) is 11.3 Å². The predicted octanol–water partition coefficient (Wildman–Crippen LogP) is 7.72. The molecule has 7 rings (SSSR count). The molecule has 4 aromatic heterocycles. The number of nitrogens with two attached hydrogens (primary N) is 1. The van der Waals surface area contributed by atoms with Crippen molar-refractivity contribution in [2.45, 2.75) is 19.6 Å². The zero-order chi connectivity index (χ0) is 34.5. The van der Waals surface area contributed by atoms with Crippen LogP contribution in [0, 0.1) is 11.3 Å². The fourth-order valence-electron chi connectivity index (χ4n) is 5.11. The number of hydrogen-bond acceptors (Lipinski definition) is 13. The average molecular weight is 719 g/mol. The number of alkyl carbamates (subject to hydrolysis) is 1. The molecule has 0 unspecified atom stereocenters. The fourth-order valence-corrected chi connectivity index (χ4v) is 8.07. The summed E-state index contributed by atoms with van der Waals surface area (Å²) in [6.45, 7) is 1.42. The number of carbonyl (C=O) groups excluding carboxylic acids is 1. The van der Waals surface area contributed by atoms with Crippen LogP contribution in [-0.4, -0.2) is 47.5 Å². The van der Waals surface area contributed by atoms with E-state index >= 15 is 0 Å². The van der Waals surface area contributed by atoms with Gasteiger partial charge < -0.3 is 25.4 Å². The first-order chi connectivity index (χ1) is 24.4. The number of amides is 1. The highest BCUT2D eigenvalue weighted by atomic mass is 32.1. The van der Waals surface area contributed by atoms with Gasteiger partial charge in [0.2, 0.25) is 11.8 Å². The number of ether oxygens (including phenoxy) is 2. The van der Waals surface area contributed by atoms with E-state index in [1.54, 1.807) is 28.9 Å². The number of thiophene rings is 2. The monoisotopic (exact) mass is 718 g/mol. The molecule has 0 aliphatic carbocycles. The Kier molecular flexibility index (Phi) is 9.79. The summed E-state index contributed by atoms with van der Waals surface area (Å²) in [5.41, 5.74) is 10.5. The number of nitrogens with zero attached hydrogens (tertiary/aromatic N) is 6. The Morgan fingerprint density at radius 3 is 2.64 bits per heavy atom. The number of nitrogens with one attached hydrogen (secondary N) is 1. The minimum atomic E-state index is -0.477. The van der Waals surface area contributed by atoms with Crippen molar-refractivity contribution in [3.63, 3.8) is 0 Å². The number of allylic oxidation sites excluding steroid dienone is 1. The number of likely N-dealkylation sites (N-methyl/N-ethyl adjacent to an activating group) is 1. The summed E-state index contributed by atoms with van der Waals surface area (Å²) in [5, 5.41) is 14.4. The van der Waals surface area contributed by atoms with Gasteiger partial charge >= 0.3 is 6.09 Å². The van der Waals surface area contributed by atoms with Crippen molar-refractivity contribution in [2.24, 2.45) is 4.99 Å². The second-order valence-corrected chi connectivity index (χ2v) is 14.4. The maximum Gasteiger partial charge on any atom is 0.407 e. The first-order valence-corrected chi connectivity index (χ1v) is 18.1. The highest BCUT2D eigenvalue weighted by Crippen LogP contribution is 2.38. The summed E-state index contributed by atoms with van der Waals surface area (Å²) < 4.78 is 12.4. The molecule has 0 saturated carbocycles. The third-order valence-corrected chi connectivity index (χ3v) is 11.2. The van der Waals surface area contributed by atoms with Gasteiger partial charge in [0.15, 0.2) is 0 Å². The van der Waals surface area contributed by atoms with Gasteiger partial charge in [0.1, 0.15) is 30.0 Å². The molecule has 0 bridgehead atoms. The van der Waals surface area contributed by atoms with Gasteiger partial charge in [0, 0.05) is 40.9 Å². The van der Waals surface area contributed by atoms with E-state index in [4.69, 9.17) is 15.2 Å². The quantitative estimate of drug-likeness (QED) is 0.121. The Hall–Kier alpha value is -5.62. The predicted molar refractivity (Wildman–Crippen MR) is 201 cm³/mol. The lowest BCUT2D eigenvalue weighted by Gasteiger charge is -2.17. The molecule has 0 atom stereocenters. The summed E-state index contributed by atoms with van der Waals surface area (Å²) in [4.78, 5) is 35.0. The zero-order valence-electron chi connectivity index (χ0n) is 26.8. The van der Waals surface area contributed by atoms with Crippen LogP contribution >= 0.6 is 34.0 Å². The van der Waals surface area contributed by atoms with Gasteiger partial charge in [-0.05, 0) is 53.6 Å². The van der Waals surface area contributed by atoms with Crippen molar-refractivity contribution in [3.8, 4) is 21.7 Å². The van der Waals surface area contributed by atoms with Crippen molar-refractivity contribution in [2.75, 3.05) is 30.8 Å². The number of benzene rings is 2. The van der Waals surface area contributed by atoms with Crippen LogP contribution in [0.1, 0.15) is 26.7 Å². The largest absolute Gasteiger partial charge is 0.471 e. The van der Waals surface area contributed by atoms with E-state index in [0.29, 0.717) is 43.3 Å². The molecule has 2 aromatic carbocycles. The minimum Gasteiger partial charge on any atom is -0.471 e. The van der Waals surface area contributed by atoms with Crippen LogP contribution in [0.4, 0.5) is 21.4 Å². The molecule has 0 saturated heterocycles. The van der Waals surface area contributed by atoms with E-state index in [2.05, 4.69) is 54.4 Å². The molecule has 5 heterocycles. The molecule has 3 N–H and O–H groups in total. The van der Waals surface area contributed by atoms with Crippen LogP contribution < -0.4 is 20.7 Å². The Morgan fingerprint density at radius 1 is 1.00 bits per heavy atom. The maximum atomic E-state index is 12.4. The standard InChI is InChI=1S/C36H30N8O3S3/c1-44(31-13-12-30(49-31)29-11-10-25(48-29)18-24(19-37)34-41-26-4-2-3-5-28(26)50-34)16-17-46-36(45)40-20-22-6-8-23(9-7-22)21-47-33-32-27(14-15-39-32)42-35(38)43-33/h2-13,15,18H,14,16-17,20-21H2,1H3,(H,40,45)(H2,38,42,43)/b24-18+. The summed E-state index contributed by atoms with van der Waals surface area (Å²) in [7, 11) is 1.97. The van der Waals surface area contributed by atoms with E-state index in [0.717, 1.165) is 51.7 Å². The van der Waals surface area contributed by atoms with Crippen LogP contribution in [0.5, 0.6) is 5.88 Å². The number of rotatable bonds is 12. The number of carbonyl (C=O) groups is 1. The van der Waals surface area contributed by atoms with Gasteiger partial charge in [-0.25, -0.2) is 14.8 Å². The smallest absolute Gasteiger partial charge is 0.407 e. The normalized spacial score (nSPS) is 12.1. The van der Waals surface area contributed by atoms with Gasteiger partial charge in [-0.3, -0.25) is 4.99 Å². The molecule has 6 aromatic rings. The number of nitrogen functional groups attached to an aromatic ring is 1. The topological polar surface area (TPSA) is 152 Å². The van der Waals surface area contributed by atoms with E-state index < -0.39 is 6.09 Å². The first kappa shape index (κ1) is 32.9. The zero-order valence-corrected chi connectivity index (χ0v) is 29.3. The van der Waals surface area contributed by atoms with Gasteiger partial charge in [-0.2, -0.15) is 10.2 Å². The Labute approximate surface area is 300 Å². The molecule has 0 radical (unpaired) electrons. The third kappa shape index (κ3) is 7.65. The molecule has 14 heteroatoms. The highest BCUT2D eigenvalue weighted by Gasteiger charge is 2.17. The van der Waals surface area contributed by atoms with Crippen LogP contribution in [0.25, 0.3) is 31.6 Å². The van der Waals surface area contributed by atoms with Crippen molar-refractivity contribution in [1.82, 2.24) is 20.3 Å². The molecular weight excluding hydrogens is 689 g/mol. The molecule has 1 amide bonds. The molecule has 0 fully saturated rings. The Bertz CT molecular complexity index is 2230. The SMILES string of the molecule is CN(CCOC(=O)NCc1ccc(COc2nc(N)nc3c2N=CC3)cc1)c1ccc(-c2ccc(/C=C(\C#N)c3nc4ccccc4s3)s2)s1. The molecule has 0 spiro atoms. The van der Waals surface area contributed by atoms with Crippen molar-refractivity contribution in [1.29, 1.82) is 5.26 Å². The van der Waals surface area contributed by atoms with Gasteiger partial charge in [-0.15, -0.1) is 34.0 Å². The number of hydrogen-bond donors (Lipinski definition) is 2. The van der Waals surface area contributed by atoms with Gasteiger partial charge in [0.05, 0.1) is 33.0 Å². The second kappa shape index (κ2) is 14.9. The number of nitriles is 1. The van der Waals surface area contributed by atoms with Gasteiger partial charge in [-0.1, -0.05) is 36.4 Å². The number of anilines is 2. The number of fused-ring (bicyclic) bond motifs is 2. The summed E-state index contributed by atoms with van der Waals surface area (Å²) in [5.74, 6) is 0.536. The lowest BCUT2D eigenvalue weighted by Crippen LogP contribution is -2.28. The molecular formula is C36H30N8O3S3. The number of aliphatic imine (C=N–C) groups is 1. The Balaban J connectivity index is 0.854. The highest BCUT2D eigenvalue weighted by molar-refractivity contribution is 7.24. The second-order valence-electron chi connectivity index (χ2n) is 11.2. The van der Waals surface area contributed by atoms with Crippen LogP contribution in [0.3, 0.4) is 0 Å². The Morgan fingerprint density at radius 2 is 1.80 bits per heavy atom. The fraction of sp³-hybridized carbons (Fsp3) is 0.167. The van der Waals surface area contributed by atoms with E-state index in [9.17, 15) is 10.1 Å². The maximum absolute atomic E-state index is 12.4. The lowest BCUT2D eigenvalue weighted by atomic mass is 10.1. The molecule has 11 nitrogen and oxygen atoms in total.